The maximum atomic E-state index is 4.76. The molecule has 1 aliphatic carbocycles. The maximum Gasteiger partial charge on any atom is 0.0601 e. The molecule has 8 aromatic carbocycles. The first-order valence-electron chi connectivity index (χ1n) is 19.5. The number of anilines is 2. The molecule has 0 atom stereocenters. The van der Waals surface area contributed by atoms with Crippen molar-refractivity contribution in [3.05, 3.63) is 236 Å². The molecule has 0 radical (unpaired) electrons. The maximum absolute atomic E-state index is 4.76. The monoisotopic (exact) mass is 745 g/mol. The lowest BCUT2D eigenvalue weighted by Crippen LogP contribution is -2.19. The second-order valence-electron chi connectivity index (χ2n) is 14.6. The van der Waals surface area contributed by atoms with Crippen LogP contribution in [0, 0.1) is 0 Å². The van der Waals surface area contributed by atoms with Gasteiger partial charge >= 0.3 is 0 Å². The summed E-state index contributed by atoms with van der Waals surface area (Å²) >= 11 is 1.83. The molecule has 1 nitrogen and oxygen atoms in total. The van der Waals surface area contributed by atoms with Gasteiger partial charge in [-0.3, -0.25) is 0 Å². The van der Waals surface area contributed by atoms with E-state index in [-0.39, 0.29) is 0 Å². The molecule has 0 saturated heterocycles. The van der Waals surface area contributed by atoms with E-state index >= 15 is 0 Å². The van der Waals surface area contributed by atoms with E-state index in [4.69, 9.17) is 6.58 Å². The number of fused-ring (bicyclic) bond motifs is 7. The van der Waals surface area contributed by atoms with Crippen LogP contribution < -0.4 is 4.90 Å². The zero-order chi connectivity index (χ0) is 38.1. The Morgan fingerprint density at radius 2 is 0.842 bits per heavy atom. The van der Waals surface area contributed by atoms with Crippen molar-refractivity contribution < 1.29 is 0 Å². The molecule has 0 aromatic heterocycles. The van der Waals surface area contributed by atoms with E-state index in [1.807, 2.05) is 11.8 Å². The molecule has 0 amide bonds. The molecule has 0 N–H and O–H groups in total. The van der Waals surface area contributed by atoms with E-state index < -0.39 is 0 Å². The Balaban J connectivity index is 1.25. The average Bonchev–Trinajstić information content (AvgIpc) is 3.28. The van der Waals surface area contributed by atoms with Gasteiger partial charge in [0.25, 0.3) is 0 Å². The number of benzene rings is 8. The van der Waals surface area contributed by atoms with Gasteiger partial charge in [0.2, 0.25) is 0 Å². The molecule has 0 fully saturated rings. The first-order chi connectivity index (χ1) is 28.2. The fourth-order valence-corrected chi connectivity index (χ4v) is 9.27. The molecule has 0 spiro atoms. The van der Waals surface area contributed by atoms with Crippen LogP contribution in [0.4, 0.5) is 11.4 Å². The highest BCUT2D eigenvalue weighted by Crippen LogP contribution is 2.50. The number of hydrogen-bond donors (Lipinski definition) is 0. The van der Waals surface area contributed by atoms with Crippen molar-refractivity contribution in [3.8, 4) is 55.6 Å². The molecule has 57 heavy (non-hydrogen) atoms. The molecular weight excluding hydrogens is 707 g/mol. The van der Waals surface area contributed by atoms with E-state index in [0.717, 1.165) is 28.8 Å². The summed E-state index contributed by atoms with van der Waals surface area (Å²) in [4.78, 5) is 4.91. The van der Waals surface area contributed by atoms with Crippen LogP contribution in [0.25, 0.3) is 61.2 Å². The molecule has 8 aromatic rings. The lowest BCUT2D eigenvalue weighted by Gasteiger charge is -2.33. The molecule has 0 saturated carbocycles. The Morgan fingerprint density at radius 1 is 0.386 bits per heavy atom. The molecule has 1 heterocycles. The minimum absolute atomic E-state index is 0.729. The summed E-state index contributed by atoms with van der Waals surface area (Å²) in [5, 5.41) is 0. The van der Waals surface area contributed by atoms with Crippen LogP contribution in [0.3, 0.4) is 0 Å². The van der Waals surface area contributed by atoms with Gasteiger partial charge in [0.05, 0.1) is 11.4 Å². The SMILES string of the molecule is C=C1/C=C\C(N2c3ccccc3Sc3ccccc32)=C/Cc2cc(-c3ccccc3)ccc2-c2ccc(-c3ccccc3)cc2-c2cc(-c3ccccc3)ccc21. The third-order valence-corrected chi connectivity index (χ3v) is 12.2. The Hall–Kier alpha value is -6.87. The van der Waals surface area contributed by atoms with Gasteiger partial charge in [-0.25, -0.2) is 0 Å². The highest BCUT2D eigenvalue weighted by Gasteiger charge is 2.26. The average molecular weight is 746 g/mol. The molecule has 1 aliphatic heterocycles. The van der Waals surface area contributed by atoms with Crippen molar-refractivity contribution in [3.63, 3.8) is 0 Å². The van der Waals surface area contributed by atoms with Crippen molar-refractivity contribution in [1.82, 2.24) is 0 Å². The number of rotatable bonds is 4. The molecule has 2 heteroatoms. The minimum atomic E-state index is 0.729. The first kappa shape index (κ1) is 34.6. The highest BCUT2D eigenvalue weighted by molar-refractivity contribution is 7.99. The van der Waals surface area contributed by atoms with Gasteiger partial charge in [-0.15, -0.1) is 0 Å². The second-order valence-corrected chi connectivity index (χ2v) is 15.6. The number of nitrogens with zero attached hydrogens (tertiary/aromatic N) is 1. The van der Waals surface area contributed by atoms with Gasteiger partial charge in [-0.1, -0.05) is 188 Å². The van der Waals surface area contributed by atoms with Crippen LogP contribution >= 0.6 is 11.8 Å². The number of hydrogen-bond acceptors (Lipinski definition) is 2. The molecule has 270 valence electrons. The van der Waals surface area contributed by atoms with Crippen molar-refractivity contribution in [2.24, 2.45) is 0 Å². The fraction of sp³-hybridized carbons (Fsp3) is 0.0182. The van der Waals surface area contributed by atoms with E-state index in [1.165, 1.54) is 76.8 Å². The van der Waals surface area contributed by atoms with Gasteiger partial charge in [0.1, 0.15) is 0 Å². The lowest BCUT2D eigenvalue weighted by molar-refractivity contribution is 1.09. The van der Waals surface area contributed by atoms with Crippen LogP contribution in [0.1, 0.15) is 11.1 Å². The standard InChI is InChI=1S/C55H39NS/c1-38-25-30-46(56-52-21-11-13-23-54(52)57-55-24-14-12-22-53(55)56)31-26-45-35-42(39-15-5-2-6-16-39)28-33-48(45)49-34-29-44(41-19-9-4-10-20-41)37-51(49)50-36-43(27-32-47(38)50)40-17-7-3-8-18-40/h2-25,27-37H,1,26H2/b30-25-,46-31+. The Morgan fingerprint density at radius 3 is 1.40 bits per heavy atom. The van der Waals surface area contributed by atoms with Crippen molar-refractivity contribution in [1.29, 1.82) is 0 Å². The molecular formula is C55H39NS. The Labute approximate surface area is 339 Å². The van der Waals surface area contributed by atoms with Crippen LogP contribution in [-0.4, -0.2) is 0 Å². The van der Waals surface area contributed by atoms with Crippen LogP contribution in [0.2, 0.25) is 0 Å². The topological polar surface area (TPSA) is 3.24 Å². The predicted molar refractivity (Wildman–Crippen MR) is 243 cm³/mol. The summed E-state index contributed by atoms with van der Waals surface area (Å²) in [7, 11) is 0. The predicted octanol–water partition coefficient (Wildman–Crippen LogP) is 15.3. The zero-order valence-corrected chi connectivity index (χ0v) is 32.3. The molecule has 0 unspecified atom stereocenters. The second kappa shape index (κ2) is 15.0. The van der Waals surface area contributed by atoms with E-state index in [1.54, 1.807) is 0 Å². The summed E-state index contributed by atoms with van der Waals surface area (Å²) in [6.45, 7) is 4.76. The van der Waals surface area contributed by atoms with E-state index in [0.29, 0.717) is 0 Å². The van der Waals surface area contributed by atoms with Crippen LogP contribution in [0.15, 0.2) is 234 Å². The highest BCUT2D eigenvalue weighted by atomic mass is 32.2. The molecule has 0 bridgehead atoms. The summed E-state index contributed by atoms with van der Waals surface area (Å²) in [6.07, 6.45) is 7.61. The quantitative estimate of drug-likeness (QED) is 0.176. The van der Waals surface area contributed by atoms with Crippen LogP contribution in [-0.2, 0) is 6.42 Å². The van der Waals surface area contributed by atoms with Crippen molar-refractivity contribution in [2.75, 3.05) is 4.90 Å². The smallest absolute Gasteiger partial charge is 0.0601 e. The normalized spacial score (nSPS) is 14.6. The van der Waals surface area contributed by atoms with Crippen molar-refractivity contribution in [2.45, 2.75) is 16.2 Å². The minimum Gasteiger partial charge on any atom is -0.309 e. The summed E-state index contributed by atoms with van der Waals surface area (Å²) in [5.41, 5.74) is 18.7. The fourth-order valence-electron chi connectivity index (χ4n) is 8.21. The third kappa shape index (κ3) is 6.65. The zero-order valence-electron chi connectivity index (χ0n) is 31.5. The summed E-state index contributed by atoms with van der Waals surface area (Å²) < 4.78 is 0. The van der Waals surface area contributed by atoms with Gasteiger partial charge < -0.3 is 4.90 Å². The number of para-hydroxylation sites is 2. The first-order valence-corrected chi connectivity index (χ1v) is 20.3. The Kier molecular flexibility index (Phi) is 9.10. The van der Waals surface area contributed by atoms with E-state index in [9.17, 15) is 0 Å². The van der Waals surface area contributed by atoms with Crippen molar-refractivity contribution >= 4 is 28.7 Å². The summed E-state index contributed by atoms with van der Waals surface area (Å²) in [6, 6.07) is 70.5. The van der Waals surface area contributed by atoms with Crippen LogP contribution in [0.5, 0.6) is 0 Å². The van der Waals surface area contributed by atoms with Gasteiger partial charge in [-0.2, -0.15) is 0 Å². The van der Waals surface area contributed by atoms with Gasteiger partial charge in [0.15, 0.2) is 0 Å². The lowest BCUT2D eigenvalue weighted by atomic mass is 9.83. The van der Waals surface area contributed by atoms with Gasteiger partial charge in [0, 0.05) is 15.5 Å². The third-order valence-electron chi connectivity index (χ3n) is 11.1. The van der Waals surface area contributed by atoms with Gasteiger partial charge in [-0.05, 0) is 121 Å². The van der Waals surface area contributed by atoms with E-state index in [2.05, 4.69) is 217 Å². The largest absolute Gasteiger partial charge is 0.309 e. The molecule has 10 rings (SSSR count). The summed E-state index contributed by atoms with van der Waals surface area (Å²) in [5.74, 6) is 0. The molecule has 2 aliphatic rings. The number of allylic oxidation sites excluding steroid dienone is 4. The Bertz CT molecular complexity index is 2800.